The van der Waals surface area contributed by atoms with E-state index in [9.17, 15) is 4.39 Å². The fourth-order valence-electron chi connectivity index (χ4n) is 4.65. The molecule has 39 heavy (non-hydrogen) atoms. The molecule has 0 radical (unpaired) electrons. The molecule has 188 valence electrons. The van der Waals surface area contributed by atoms with E-state index in [1.165, 1.54) is 12.1 Å². The van der Waals surface area contributed by atoms with Crippen molar-refractivity contribution in [2.24, 2.45) is 0 Å². The first-order chi connectivity index (χ1) is 19.2. The van der Waals surface area contributed by atoms with Gasteiger partial charge >= 0.3 is 0 Å². The van der Waals surface area contributed by atoms with Gasteiger partial charge in [0.15, 0.2) is 0 Å². The molecule has 0 aliphatic carbocycles. The summed E-state index contributed by atoms with van der Waals surface area (Å²) in [4.78, 5) is 17.3. The van der Waals surface area contributed by atoms with Gasteiger partial charge in [0.2, 0.25) is 0 Å². The maximum absolute atomic E-state index is 13.5. The fraction of sp³-hybridized carbons (Fsp3) is 0.0323. The molecule has 5 aromatic heterocycles. The summed E-state index contributed by atoms with van der Waals surface area (Å²) in [6.07, 6.45) is 5.21. The van der Waals surface area contributed by atoms with E-state index in [-0.39, 0.29) is 5.82 Å². The summed E-state index contributed by atoms with van der Waals surface area (Å²) < 4.78 is 19.5. The van der Waals surface area contributed by atoms with Crippen LogP contribution >= 0.6 is 0 Å². The molecule has 0 saturated carbocycles. The Hall–Kier alpha value is -5.37. The lowest BCUT2D eigenvalue weighted by atomic mass is 10.1. The zero-order chi connectivity index (χ0) is 26.2. The van der Waals surface area contributed by atoms with Crippen molar-refractivity contribution in [1.82, 2.24) is 30.1 Å². The molecule has 0 spiro atoms. The number of benzene rings is 2. The van der Waals surface area contributed by atoms with Gasteiger partial charge in [0.25, 0.3) is 0 Å². The van der Waals surface area contributed by atoms with Gasteiger partial charge in [-0.25, -0.2) is 9.37 Å². The predicted octanol–water partition coefficient (Wildman–Crippen LogP) is 6.95. The maximum Gasteiger partial charge on any atom is 0.138 e. The third kappa shape index (κ3) is 4.38. The summed E-state index contributed by atoms with van der Waals surface area (Å²) in [7, 11) is 0. The minimum atomic E-state index is -0.283. The van der Waals surface area contributed by atoms with E-state index >= 15 is 0 Å². The Morgan fingerprint density at radius 1 is 0.795 bits per heavy atom. The van der Waals surface area contributed by atoms with Crippen molar-refractivity contribution in [2.45, 2.75) is 6.61 Å². The molecule has 7 rings (SSSR count). The number of H-pyrrole nitrogens is 2. The fourth-order valence-corrected chi connectivity index (χ4v) is 4.65. The zero-order valence-corrected chi connectivity index (χ0v) is 20.6. The van der Waals surface area contributed by atoms with Gasteiger partial charge in [-0.1, -0.05) is 30.3 Å². The molecule has 5 heterocycles. The smallest absolute Gasteiger partial charge is 0.138 e. The topological polar surface area (TPSA) is 92.4 Å². The Balaban J connectivity index is 1.24. The van der Waals surface area contributed by atoms with E-state index in [0.717, 1.165) is 55.7 Å². The van der Waals surface area contributed by atoms with Gasteiger partial charge in [-0.05, 0) is 60.2 Å². The van der Waals surface area contributed by atoms with Crippen molar-refractivity contribution in [1.29, 1.82) is 0 Å². The van der Waals surface area contributed by atoms with Crippen molar-refractivity contribution in [2.75, 3.05) is 0 Å². The van der Waals surface area contributed by atoms with E-state index < -0.39 is 0 Å². The number of ether oxygens (including phenoxy) is 1. The first-order valence-electron chi connectivity index (χ1n) is 12.4. The minimum Gasteiger partial charge on any atom is -0.487 e. The lowest BCUT2D eigenvalue weighted by Crippen LogP contribution is -1.96. The second-order valence-electron chi connectivity index (χ2n) is 9.16. The van der Waals surface area contributed by atoms with Crippen molar-refractivity contribution >= 4 is 21.9 Å². The summed E-state index contributed by atoms with van der Waals surface area (Å²) in [5.41, 5.74) is 8.22. The second kappa shape index (κ2) is 9.50. The average Bonchev–Trinajstić information content (AvgIpc) is 3.61. The third-order valence-electron chi connectivity index (χ3n) is 6.59. The number of fused-ring (bicyclic) bond motifs is 2. The Kier molecular flexibility index (Phi) is 5.55. The Labute approximate surface area is 222 Å². The molecule has 0 bridgehead atoms. The normalized spacial score (nSPS) is 11.3. The molecule has 0 saturated heterocycles. The molecule has 2 aromatic carbocycles. The zero-order valence-electron chi connectivity index (χ0n) is 20.6. The molecule has 0 atom stereocenters. The van der Waals surface area contributed by atoms with Crippen LogP contribution in [0.3, 0.4) is 0 Å². The van der Waals surface area contributed by atoms with Crippen LogP contribution in [0.25, 0.3) is 55.8 Å². The summed E-state index contributed by atoms with van der Waals surface area (Å²) in [5, 5.41) is 8.56. The van der Waals surface area contributed by atoms with Crippen LogP contribution in [0.5, 0.6) is 5.75 Å². The summed E-state index contributed by atoms with van der Waals surface area (Å²) in [6, 6.07) is 26.1. The van der Waals surface area contributed by atoms with Crippen LogP contribution in [0.4, 0.5) is 4.39 Å². The lowest BCUT2D eigenvalue weighted by molar-refractivity contribution is 0.305. The molecule has 0 aliphatic rings. The van der Waals surface area contributed by atoms with E-state index in [0.29, 0.717) is 18.1 Å². The Morgan fingerprint density at radius 2 is 1.67 bits per heavy atom. The molecule has 2 N–H and O–H groups in total. The van der Waals surface area contributed by atoms with E-state index in [4.69, 9.17) is 9.72 Å². The van der Waals surface area contributed by atoms with E-state index in [1.54, 1.807) is 30.7 Å². The predicted molar refractivity (Wildman–Crippen MR) is 148 cm³/mol. The Bertz CT molecular complexity index is 1930. The van der Waals surface area contributed by atoms with Crippen molar-refractivity contribution in [3.63, 3.8) is 0 Å². The van der Waals surface area contributed by atoms with Crippen LogP contribution in [-0.2, 0) is 6.61 Å². The highest BCUT2D eigenvalue weighted by Gasteiger charge is 2.16. The van der Waals surface area contributed by atoms with E-state index in [1.807, 2.05) is 60.7 Å². The number of aromatic amines is 2. The highest BCUT2D eigenvalue weighted by atomic mass is 19.1. The maximum atomic E-state index is 13.5. The van der Waals surface area contributed by atoms with Gasteiger partial charge in [0, 0.05) is 34.4 Å². The molecule has 0 aliphatic heterocycles. The molecular weight excluding hydrogens is 491 g/mol. The molecule has 7 nitrogen and oxygen atoms in total. The SMILES string of the molecule is Fc1ccc(-c2nccc3[nH]c(-c4n[nH]c5ccc(-c6cncc(OCc7ccccc7)c6)nc45)cc23)cc1. The molecule has 0 unspecified atom stereocenters. The number of hydrogen-bond acceptors (Lipinski definition) is 5. The highest BCUT2D eigenvalue weighted by molar-refractivity contribution is 5.99. The minimum absolute atomic E-state index is 0.283. The van der Waals surface area contributed by atoms with Crippen molar-refractivity contribution in [3.8, 4) is 39.7 Å². The Morgan fingerprint density at radius 3 is 2.54 bits per heavy atom. The monoisotopic (exact) mass is 512 g/mol. The number of nitrogens with zero attached hydrogens (tertiary/aromatic N) is 4. The number of rotatable bonds is 6. The highest BCUT2D eigenvalue weighted by Crippen LogP contribution is 2.33. The number of nitrogens with one attached hydrogen (secondary N) is 2. The van der Waals surface area contributed by atoms with Gasteiger partial charge in [0.05, 0.1) is 28.8 Å². The van der Waals surface area contributed by atoms with E-state index in [2.05, 4.69) is 25.1 Å². The van der Waals surface area contributed by atoms with Crippen LogP contribution in [0.1, 0.15) is 5.56 Å². The second-order valence-corrected chi connectivity index (χ2v) is 9.16. The van der Waals surface area contributed by atoms with Crippen LogP contribution in [0.15, 0.2) is 104 Å². The average molecular weight is 513 g/mol. The molecule has 0 fully saturated rings. The first-order valence-corrected chi connectivity index (χ1v) is 12.4. The summed E-state index contributed by atoms with van der Waals surface area (Å²) >= 11 is 0. The molecule has 8 heteroatoms. The molecular formula is C31H21FN6O. The quantitative estimate of drug-likeness (QED) is 0.252. The van der Waals surface area contributed by atoms with Crippen LogP contribution in [0.2, 0.25) is 0 Å². The lowest BCUT2D eigenvalue weighted by Gasteiger charge is -2.08. The molecule has 7 aromatic rings. The van der Waals surface area contributed by atoms with Crippen LogP contribution in [-0.4, -0.2) is 30.1 Å². The van der Waals surface area contributed by atoms with Crippen LogP contribution < -0.4 is 4.74 Å². The number of hydrogen-bond donors (Lipinski definition) is 2. The number of halogens is 1. The first kappa shape index (κ1) is 22.8. The molecule has 0 amide bonds. The largest absolute Gasteiger partial charge is 0.487 e. The summed E-state index contributed by atoms with van der Waals surface area (Å²) in [5.74, 6) is 0.385. The van der Waals surface area contributed by atoms with Gasteiger partial charge in [-0.2, -0.15) is 5.10 Å². The third-order valence-corrected chi connectivity index (χ3v) is 6.59. The summed E-state index contributed by atoms with van der Waals surface area (Å²) in [6.45, 7) is 0.458. The number of aromatic nitrogens is 6. The van der Waals surface area contributed by atoms with Gasteiger partial charge < -0.3 is 9.72 Å². The van der Waals surface area contributed by atoms with Gasteiger partial charge in [-0.15, -0.1) is 0 Å². The van der Waals surface area contributed by atoms with Gasteiger partial charge in [0.1, 0.15) is 29.4 Å². The van der Waals surface area contributed by atoms with Crippen molar-refractivity contribution < 1.29 is 9.13 Å². The standard InChI is InChI=1S/C31H21FN6O/c32-22-8-6-20(7-9-22)29-24-15-28(35-26(24)12-13-34-29)31-30-27(37-38-31)11-10-25(36-30)21-14-23(17-33-16-21)39-18-19-4-2-1-3-5-19/h1-17,35H,18H2,(H,37,38). The van der Waals surface area contributed by atoms with Crippen LogP contribution in [0, 0.1) is 5.82 Å². The van der Waals surface area contributed by atoms with Gasteiger partial charge in [-0.3, -0.25) is 15.1 Å². The number of pyridine rings is 3. The van der Waals surface area contributed by atoms with Crippen molar-refractivity contribution in [3.05, 3.63) is 115 Å².